The summed E-state index contributed by atoms with van der Waals surface area (Å²) < 4.78 is 0. The third-order valence-electron chi connectivity index (χ3n) is 13.2. The van der Waals surface area contributed by atoms with Crippen molar-refractivity contribution < 1.29 is 29.1 Å². The molecule has 0 aliphatic rings. The normalized spacial score (nSPS) is 11.3. The molecule has 1 aromatic rings. The van der Waals surface area contributed by atoms with Gasteiger partial charge in [-0.1, -0.05) is 36.4 Å². The van der Waals surface area contributed by atoms with E-state index in [1.807, 2.05) is 164 Å². The maximum absolute atomic E-state index is 13.2. The zero-order valence-corrected chi connectivity index (χ0v) is 61.5. The van der Waals surface area contributed by atoms with E-state index in [4.69, 9.17) is 5.73 Å². The molecule has 23 heteroatoms. The average Bonchev–Trinajstić information content (AvgIpc) is 3.61. The summed E-state index contributed by atoms with van der Waals surface area (Å²) in [5, 5.41) is 12.6. The summed E-state index contributed by atoms with van der Waals surface area (Å²) in [6.07, 6.45) is 16.2. The summed E-state index contributed by atoms with van der Waals surface area (Å²) in [4.78, 5) is 73.6. The molecule has 86 heavy (non-hydrogen) atoms. The lowest BCUT2D eigenvalue weighted by atomic mass is 10.1. The van der Waals surface area contributed by atoms with Crippen molar-refractivity contribution in [2.45, 2.75) is 103 Å². The smallest absolute Gasteiger partial charge is 0.223 e. The minimum atomic E-state index is 0.00701. The van der Waals surface area contributed by atoms with Crippen molar-refractivity contribution in [2.75, 3.05) is 208 Å². The molecule has 1 rings (SSSR count). The third kappa shape index (κ3) is 53.2. The Morgan fingerprint density at radius 2 is 0.826 bits per heavy atom. The van der Waals surface area contributed by atoms with Gasteiger partial charge in [-0.25, -0.2) is 0 Å². The molecule has 4 N–H and O–H groups in total. The molecular formula is C63H115N7O6S10. The van der Waals surface area contributed by atoms with Crippen LogP contribution in [0.1, 0.15) is 102 Å². The Hall–Kier alpha value is -0.310. The van der Waals surface area contributed by atoms with Crippen molar-refractivity contribution in [1.29, 1.82) is 0 Å². The highest BCUT2D eigenvalue weighted by Gasteiger charge is 2.16. The molecule has 0 spiro atoms. The molecule has 0 unspecified atom stereocenters. The second-order valence-electron chi connectivity index (χ2n) is 21.0. The monoisotopic (exact) mass is 1390 g/mol. The molecular weight excluding hydrogens is 1270 g/mol. The molecule has 0 fully saturated rings. The van der Waals surface area contributed by atoms with Crippen molar-refractivity contribution in [3.05, 3.63) is 48.6 Å². The lowest BCUT2D eigenvalue weighted by Crippen LogP contribution is -2.37. The van der Waals surface area contributed by atoms with Gasteiger partial charge in [0, 0.05) is 127 Å². The van der Waals surface area contributed by atoms with E-state index in [1.54, 1.807) is 0 Å². The second-order valence-corrected chi connectivity index (χ2v) is 33.3. The molecule has 0 aliphatic heterocycles. The van der Waals surface area contributed by atoms with E-state index in [2.05, 4.69) is 47.9 Å². The number of hydrogen-bond acceptors (Lipinski definition) is 18. The lowest BCUT2D eigenvalue weighted by molar-refractivity contribution is -0.131. The van der Waals surface area contributed by atoms with Gasteiger partial charge in [-0.2, -0.15) is 118 Å². The molecule has 5 amide bonds. The summed E-state index contributed by atoms with van der Waals surface area (Å²) in [6, 6.07) is 10.3. The van der Waals surface area contributed by atoms with Crippen molar-refractivity contribution in [3.8, 4) is 0 Å². The summed E-state index contributed by atoms with van der Waals surface area (Å²) >= 11 is 19.1. The number of benzene rings is 1. The molecule has 0 bridgehead atoms. The predicted molar refractivity (Wildman–Crippen MR) is 398 cm³/mol. The minimum absolute atomic E-state index is 0.00701. The first-order chi connectivity index (χ1) is 42.0. The number of thioether (sulfide) groups is 10. The molecule has 13 nitrogen and oxygen atoms in total. The number of carbonyl (C=O) groups is 5. The van der Waals surface area contributed by atoms with E-state index in [0.717, 1.165) is 231 Å². The van der Waals surface area contributed by atoms with Gasteiger partial charge in [-0.05, 0) is 183 Å². The van der Waals surface area contributed by atoms with Gasteiger partial charge in [-0.15, -0.1) is 6.58 Å². The Kier molecular flexibility index (Phi) is 61.8. The minimum Gasteiger partial charge on any atom is -0.395 e. The summed E-state index contributed by atoms with van der Waals surface area (Å²) in [6.45, 7) is 11.0. The fraction of sp³-hybridized carbons (Fsp3) is 0.794. The number of nitrogens with zero attached hydrogens (tertiary/aromatic N) is 5. The number of likely N-dealkylation sites (N-methyl/N-ethyl adjacent to an activating group) is 1. The maximum Gasteiger partial charge on any atom is 0.223 e. The van der Waals surface area contributed by atoms with Crippen LogP contribution in [0.3, 0.4) is 0 Å². The van der Waals surface area contributed by atoms with Crippen LogP contribution in [0.5, 0.6) is 0 Å². The van der Waals surface area contributed by atoms with Gasteiger partial charge in [0.2, 0.25) is 29.5 Å². The van der Waals surface area contributed by atoms with Gasteiger partial charge >= 0.3 is 0 Å². The van der Waals surface area contributed by atoms with Gasteiger partial charge in [0.1, 0.15) is 0 Å². The number of carbonyl (C=O) groups excluding carboxylic acids is 5. The Bertz CT molecular complexity index is 1790. The Balaban J connectivity index is 1.95. The molecule has 498 valence electrons. The van der Waals surface area contributed by atoms with Gasteiger partial charge < -0.3 is 40.7 Å². The van der Waals surface area contributed by atoms with E-state index >= 15 is 0 Å². The number of nitrogens with two attached hydrogens (primary N) is 1. The molecule has 0 heterocycles. The average molecular weight is 1390 g/mol. The topological polar surface area (TPSA) is 160 Å². The zero-order chi connectivity index (χ0) is 62.6. The standard InChI is InChI=1S/C63H115N7O6S10/c1-5-29-68(33-21-58-19-7-6-8-20-58)61(74)24-55-84-51-17-45-79-40-11-30-67(4)60(73)23-54-83-49-15-44-78-39-10-28-65-59(72)22-53-82-48-16-46-80-41-12-31-69(35-34-66(2)3)62(75)25-56-85-52-18-47-81-42-13-32-70(36-37-71)63(76)26-57-86-50-14-43-77-38-9-27-64/h5-8,19-20,71H,1,9-18,21-57,64H2,2-4H3,(H,65,72). The van der Waals surface area contributed by atoms with E-state index in [9.17, 15) is 29.1 Å². The van der Waals surface area contributed by atoms with Crippen molar-refractivity contribution in [2.24, 2.45) is 5.73 Å². The molecule has 0 atom stereocenters. The van der Waals surface area contributed by atoms with Crippen LogP contribution >= 0.6 is 118 Å². The van der Waals surface area contributed by atoms with E-state index in [1.165, 1.54) is 5.56 Å². The second kappa shape index (κ2) is 63.4. The number of amides is 5. The van der Waals surface area contributed by atoms with Crippen molar-refractivity contribution in [3.63, 3.8) is 0 Å². The number of nitrogens with one attached hydrogen (secondary N) is 1. The largest absolute Gasteiger partial charge is 0.395 e. The van der Waals surface area contributed by atoms with Gasteiger partial charge in [-0.3, -0.25) is 24.0 Å². The molecule has 0 aliphatic carbocycles. The number of aliphatic hydroxyl groups excluding tert-OH is 1. The highest BCUT2D eigenvalue weighted by Crippen LogP contribution is 2.17. The summed E-state index contributed by atoms with van der Waals surface area (Å²) in [7, 11) is 6.05. The van der Waals surface area contributed by atoms with Crippen LogP contribution in [0.15, 0.2) is 43.0 Å². The Labute approximate surface area is 566 Å². The van der Waals surface area contributed by atoms with Gasteiger partial charge in [0.15, 0.2) is 0 Å². The van der Waals surface area contributed by atoms with Crippen LogP contribution in [0.25, 0.3) is 0 Å². The molecule has 0 radical (unpaired) electrons. The molecule has 0 saturated heterocycles. The number of rotatable bonds is 64. The first-order valence-electron chi connectivity index (χ1n) is 31.7. The van der Waals surface area contributed by atoms with Crippen LogP contribution in [0.4, 0.5) is 0 Å². The van der Waals surface area contributed by atoms with E-state index < -0.39 is 0 Å². The van der Waals surface area contributed by atoms with E-state index in [0.29, 0.717) is 51.7 Å². The predicted octanol–water partition coefficient (Wildman–Crippen LogP) is 11.2. The highest BCUT2D eigenvalue weighted by atomic mass is 32.2. The first-order valence-corrected chi connectivity index (χ1v) is 43.3. The zero-order valence-electron chi connectivity index (χ0n) is 53.3. The first kappa shape index (κ1) is 83.7. The SMILES string of the molecule is C=CCN(CCc1ccccc1)C(=O)CCSCCCSCCCN(C)C(=O)CCSCCCSCCCNC(=O)CCSCCCSCCCN(CCN(C)C)C(=O)CCSCCCSCCCN(CCO)C(=O)CCSCCCSCCCN. The fourth-order valence-electron chi connectivity index (χ4n) is 8.27. The summed E-state index contributed by atoms with van der Waals surface area (Å²) in [5.74, 6) is 21.5. The fourth-order valence-corrected chi connectivity index (χ4v) is 18.0. The van der Waals surface area contributed by atoms with Gasteiger partial charge in [0.05, 0.1) is 6.61 Å². The van der Waals surface area contributed by atoms with Crippen LogP contribution < -0.4 is 11.1 Å². The Morgan fingerprint density at radius 1 is 0.442 bits per heavy atom. The van der Waals surface area contributed by atoms with Crippen LogP contribution in [-0.4, -0.2) is 267 Å². The van der Waals surface area contributed by atoms with Crippen molar-refractivity contribution in [1.82, 2.24) is 29.8 Å². The van der Waals surface area contributed by atoms with Crippen molar-refractivity contribution >= 4 is 147 Å². The van der Waals surface area contributed by atoms with Crippen LogP contribution in [0, 0.1) is 0 Å². The lowest BCUT2D eigenvalue weighted by Gasteiger charge is -2.24. The summed E-state index contributed by atoms with van der Waals surface area (Å²) in [5.41, 5.74) is 6.80. The number of aliphatic hydroxyl groups is 1. The molecule has 0 aromatic heterocycles. The Morgan fingerprint density at radius 3 is 1.27 bits per heavy atom. The molecule has 1 aromatic carbocycles. The van der Waals surface area contributed by atoms with Crippen LogP contribution in [0.2, 0.25) is 0 Å². The number of hydrogen-bond donors (Lipinski definition) is 3. The maximum atomic E-state index is 13.2. The van der Waals surface area contributed by atoms with Gasteiger partial charge in [0.25, 0.3) is 0 Å². The quantitative estimate of drug-likeness (QED) is 0.0417. The molecule has 0 saturated carbocycles. The van der Waals surface area contributed by atoms with E-state index in [-0.39, 0.29) is 36.1 Å². The van der Waals surface area contributed by atoms with Crippen LogP contribution in [-0.2, 0) is 30.4 Å². The third-order valence-corrected chi connectivity index (χ3v) is 24.4. The highest BCUT2D eigenvalue weighted by molar-refractivity contribution is 8.01.